The predicted molar refractivity (Wildman–Crippen MR) is 71.5 cm³/mol. The minimum Gasteiger partial charge on any atom is -0.508 e. The summed E-state index contributed by atoms with van der Waals surface area (Å²) < 4.78 is 4.87. The predicted octanol–water partition coefficient (Wildman–Crippen LogP) is 3.45. The third-order valence-electron chi connectivity index (χ3n) is 2.84. The Balaban J connectivity index is 2.02. The van der Waals surface area contributed by atoms with Gasteiger partial charge in [-0.25, -0.2) is 0 Å². The molecule has 1 N–H and O–H groups in total. The van der Waals surface area contributed by atoms with Crippen LogP contribution in [0.4, 0.5) is 0 Å². The van der Waals surface area contributed by atoms with Gasteiger partial charge in [0.2, 0.25) is 0 Å². The van der Waals surface area contributed by atoms with E-state index < -0.39 is 0 Å². The number of aryl methyl sites for hydroxylation is 1. The van der Waals surface area contributed by atoms with E-state index in [9.17, 15) is 4.79 Å². The molecule has 0 radical (unpaired) electrons. The van der Waals surface area contributed by atoms with Gasteiger partial charge in [-0.1, -0.05) is 25.0 Å². The summed E-state index contributed by atoms with van der Waals surface area (Å²) in [7, 11) is 0. The van der Waals surface area contributed by atoms with Gasteiger partial charge in [-0.3, -0.25) is 4.79 Å². The number of unbranched alkanes of at least 4 members (excludes halogenated alkanes) is 3. The summed E-state index contributed by atoms with van der Waals surface area (Å²) in [6.07, 6.45) is 5.78. The Labute approximate surface area is 109 Å². The third-order valence-corrected chi connectivity index (χ3v) is 2.84. The summed E-state index contributed by atoms with van der Waals surface area (Å²) in [5.41, 5.74) is 1.25. The maximum atomic E-state index is 11.1. The number of hydrogen-bond donors (Lipinski definition) is 1. The molecule has 0 atom stereocenters. The van der Waals surface area contributed by atoms with Crippen LogP contribution in [0.3, 0.4) is 0 Å². The van der Waals surface area contributed by atoms with Crippen LogP contribution < -0.4 is 0 Å². The van der Waals surface area contributed by atoms with Crippen LogP contribution in [0.5, 0.6) is 5.75 Å². The van der Waals surface area contributed by atoms with Crippen molar-refractivity contribution in [3.63, 3.8) is 0 Å². The SMILES string of the molecule is CCOC(=O)CCCCCCc1ccc(O)cc1. The van der Waals surface area contributed by atoms with Crippen LogP contribution in [0, 0.1) is 0 Å². The number of aromatic hydroxyl groups is 1. The van der Waals surface area contributed by atoms with Crippen molar-refractivity contribution in [3.05, 3.63) is 29.8 Å². The second-order valence-corrected chi connectivity index (χ2v) is 4.39. The Morgan fingerprint density at radius 1 is 1.11 bits per heavy atom. The van der Waals surface area contributed by atoms with Gasteiger partial charge in [0, 0.05) is 6.42 Å². The highest BCUT2D eigenvalue weighted by atomic mass is 16.5. The first-order valence-corrected chi connectivity index (χ1v) is 6.66. The van der Waals surface area contributed by atoms with E-state index in [4.69, 9.17) is 9.84 Å². The fraction of sp³-hybridized carbons (Fsp3) is 0.533. The van der Waals surface area contributed by atoms with E-state index in [1.807, 2.05) is 19.1 Å². The van der Waals surface area contributed by atoms with Crippen molar-refractivity contribution < 1.29 is 14.6 Å². The van der Waals surface area contributed by atoms with Gasteiger partial charge in [-0.2, -0.15) is 0 Å². The molecular weight excluding hydrogens is 228 g/mol. The van der Waals surface area contributed by atoms with Gasteiger partial charge in [0.15, 0.2) is 0 Å². The molecule has 3 nitrogen and oxygen atoms in total. The summed E-state index contributed by atoms with van der Waals surface area (Å²) in [5, 5.41) is 9.15. The lowest BCUT2D eigenvalue weighted by Crippen LogP contribution is -2.03. The summed E-state index contributed by atoms with van der Waals surface area (Å²) in [4.78, 5) is 11.1. The molecular formula is C15H22O3. The number of phenols is 1. The maximum Gasteiger partial charge on any atom is 0.305 e. The lowest BCUT2D eigenvalue weighted by molar-refractivity contribution is -0.143. The average molecular weight is 250 g/mol. The zero-order valence-electron chi connectivity index (χ0n) is 11.0. The van der Waals surface area contributed by atoms with Gasteiger partial charge in [-0.05, 0) is 43.9 Å². The molecule has 0 aliphatic rings. The van der Waals surface area contributed by atoms with Crippen molar-refractivity contribution in [3.8, 4) is 5.75 Å². The average Bonchev–Trinajstić information content (AvgIpc) is 2.36. The first-order chi connectivity index (χ1) is 8.72. The molecule has 0 unspecified atom stereocenters. The Bertz CT molecular complexity index is 343. The summed E-state index contributed by atoms with van der Waals surface area (Å²) in [6.45, 7) is 2.30. The first-order valence-electron chi connectivity index (χ1n) is 6.66. The van der Waals surface area contributed by atoms with Crippen LogP contribution in [0.15, 0.2) is 24.3 Å². The molecule has 3 heteroatoms. The second-order valence-electron chi connectivity index (χ2n) is 4.39. The number of benzene rings is 1. The molecule has 0 aliphatic carbocycles. The zero-order valence-corrected chi connectivity index (χ0v) is 11.0. The monoisotopic (exact) mass is 250 g/mol. The molecule has 18 heavy (non-hydrogen) atoms. The van der Waals surface area contributed by atoms with E-state index in [-0.39, 0.29) is 5.97 Å². The third kappa shape index (κ3) is 6.28. The van der Waals surface area contributed by atoms with Gasteiger partial charge in [-0.15, -0.1) is 0 Å². The van der Waals surface area contributed by atoms with Crippen LogP contribution >= 0.6 is 0 Å². The Morgan fingerprint density at radius 2 is 1.78 bits per heavy atom. The molecule has 0 amide bonds. The summed E-state index contributed by atoms with van der Waals surface area (Å²) in [5.74, 6) is 0.226. The number of carbonyl (C=O) groups excluding carboxylic acids is 1. The molecule has 100 valence electrons. The van der Waals surface area contributed by atoms with E-state index in [1.165, 1.54) is 5.56 Å². The van der Waals surface area contributed by atoms with Crippen LogP contribution in [0.1, 0.15) is 44.6 Å². The molecule has 0 spiro atoms. The van der Waals surface area contributed by atoms with Crippen molar-refractivity contribution >= 4 is 5.97 Å². The molecule has 1 aromatic carbocycles. The van der Waals surface area contributed by atoms with E-state index in [0.29, 0.717) is 18.8 Å². The quantitative estimate of drug-likeness (QED) is 0.568. The van der Waals surface area contributed by atoms with Gasteiger partial charge in [0.25, 0.3) is 0 Å². The molecule has 0 aliphatic heterocycles. The van der Waals surface area contributed by atoms with Gasteiger partial charge in [0.1, 0.15) is 5.75 Å². The van der Waals surface area contributed by atoms with Crippen molar-refractivity contribution in [1.29, 1.82) is 0 Å². The van der Waals surface area contributed by atoms with Crippen LogP contribution in [0.2, 0.25) is 0 Å². The van der Waals surface area contributed by atoms with Gasteiger partial charge in [0.05, 0.1) is 6.61 Å². The van der Waals surface area contributed by atoms with Crippen LogP contribution in [-0.2, 0) is 16.0 Å². The van der Waals surface area contributed by atoms with E-state index in [0.717, 1.165) is 32.1 Å². The van der Waals surface area contributed by atoms with E-state index in [1.54, 1.807) is 12.1 Å². The molecule has 0 saturated carbocycles. The zero-order chi connectivity index (χ0) is 13.2. The second kappa shape index (κ2) is 8.56. The standard InChI is InChI=1S/C15H22O3/c1-2-18-15(17)8-6-4-3-5-7-13-9-11-14(16)12-10-13/h9-12,16H,2-8H2,1H3. The number of phenolic OH excluding ortho intramolecular Hbond substituents is 1. The minimum absolute atomic E-state index is 0.0870. The normalized spacial score (nSPS) is 10.3. The fourth-order valence-electron chi connectivity index (χ4n) is 1.85. The number of esters is 1. The lowest BCUT2D eigenvalue weighted by atomic mass is 10.1. The molecule has 0 aromatic heterocycles. The van der Waals surface area contributed by atoms with Crippen molar-refractivity contribution in [2.75, 3.05) is 6.61 Å². The maximum absolute atomic E-state index is 11.1. The molecule has 0 fully saturated rings. The minimum atomic E-state index is -0.0870. The largest absolute Gasteiger partial charge is 0.508 e. The number of rotatable bonds is 8. The number of hydrogen-bond acceptors (Lipinski definition) is 3. The van der Waals surface area contributed by atoms with Gasteiger partial charge < -0.3 is 9.84 Å². The highest BCUT2D eigenvalue weighted by Crippen LogP contribution is 2.13. The van der Waals surface area contributed by atoms with E-state index >= 15 is 0 Å². The van der Waals surface area contributed by atoms with E-state index in [2.05, 4.69) is 0 Å². The van der Waals surface area contributed by atoms with Gasteiger partial charge >= 0.3 is 5.97 Å². The van der Waals surface area contributed by atoms with Crippen molar-refractivity contribution in [1.82, 2.24) is 0 Å². The molecule has 1 aromatic rings. The van der Waals surface area contributed by atoms with Crippen molar-refractivity contribution in [2.24, 2.45) is 0 Å². The molecule has 0 bridgehead atoms. The molecule has 0 saturated heterocycles. The Kier molecular flexibility index (Phi) is 6.92. The summed E-state index contributed by atoms with van der Waals surface area (Å²) >= 11 is 0. The van der Waals surface area contributed by atoms with Crippen LogP contribution in [-0.4, -0.2) is 17.7 Å². The van der Waals surface area contributed by atoms with Crippen molar-refractivity contribution in [2.45, 2.75) is 45.4 Å². The molecule has 1 rings (SSSR count). The topological polar surface area (TPSA) is 46.5 Å². The fourth-order valence-corrected chi connectivity index (χ4v) is 1.85. The summed E-state index contributed by atoms with van der Waals surface area (Å²) in [6, 6.07) is 7.34. The highest BCUT2D eigenvalue weighted by Gasteiger charge is 2.00. The molecule has 0 heterocycles. The lowest BCUT2D eigenvalue weighted by Gasteiger charge is -2.03. The Morgan fingerprint density at radius 3 is 2.44 bits per heavy atom. The number of carbonyl (C=O) groups is 1. The first kappa shape index (κ1) is 14.6. The van der Waals surface area contributed by atoms with Crippen LogP contribution in [0.25, 0.3) is 0 Å². The highest BCUT2D eigenvalue weighted by molar-refractivity contribution is 5.69. The number of ether oxygens (including phenoxy) is 1. The smallest absolute Gasteiger partial charge is 0.305 e. The Hall–Kier alpha value is -1.51.